The smallest absolute Gasteiger partial charge is 0.0654 e. The maximum Gasteiger partial charge on any atom is 0.0654 e. The highest BCUT2D eigenvalue weighted by Gasteiger charge is 2.23. The van der Waals surface area contributed by atoms with Gasteiger partial charge in [0.15, 0.2) is 0 Å². The summed E-state index contributed by atoms with van der Waals surface area (Å²) < 4.78 is 0. The van der Waals surface area contributed by atoms with Crippen LogP contribution in [0.15, 0.2) is 0 Å². The van der Waals surface area contributed by atoms with Gasteiger partial charge >= 0.3 is 0 Å². The molecule has 0 aliphatic carbocycles. The molecular weight excluding hydrogens is 118 g/mol. The monoisotopic (exact) mass is 133 g/mol. The lowest BCUT2D eigenvalue weighted by molar-refractivity contribution is 0.0170. The van der Waals surface area contributed by atoms with E-state index in [1.165, 1.54) is 0 Å². The van der Waals surface area contributed by atoms with Crippen LogP contribution in [0, 0.1) is 0 Å². The third kappa shape index (κ3) is 1.93. The SMILES string of the molecule is CCC(CC)(CO)NO. The van der Waals surface area contributed by atoms with Crippen molar-refractivity contribution in [1.29, 1.82) is 0 Å². The lowest BCUT2D eigenvalue weighted by Crippen LogP contribution is -2.45. The normalized spacial score (nSPS) is 12.0. The minimum Gasteiger partial charge on any atom is -0.394 e. The Morgan fingerprint density at radius 1 is 1.33 bits per heavy atom. The van der Waals surface area contributed by atoms with Crippen molar-refractivity contribution in [1.82, 2.24) is 5.48 Å². The van der Waals surface area contributed by atoms with Gasteiger partial charge in [0.05, 0.1) is 12.1 Å². The maximum absolute atomic E-state index is 8.75. The number of hydroxylamine groups is 1. The number of aliphatic hydroxyl groups is 1. The lowest BCUT2D eigenvalue weighted by Gasteiger charge is -2.26. The van der Waals surface area contributed by atoms with E-state index < -0.39 is 5.54 Å². The largest absolute Gasteiger partial charge is 0.394 e. The molecule has 9 heavy (non-hydrogen) atoms. The van der Waals surface area contributed by atoms with Crippen LogP contribution in [0.1, 0.15) is 26.7 Å². The predicted octanol–water partition coefficient (Wildman–Crippen LogP) is 0.516. The number of rotatable bonds is 4. The van der Waals surface area contributed by atoms with Crippen LogP contribution in [0.4, 0.5) is 0 Å². The Hall–Kier alpha value is -0.120. The van der Waals surface area contributed by atoms with Crippen molar-refractivity contribution < 1.29 is 10.3 Å². The third-order valence-corrected chi connectivity index (χ3v) is 1.89. The van der Waals surface area contributed by atoms with E-state index >= 15 is 0 Å². The molecule has 3 nitrogen and oxygen atoms in total. The molecule has 0 saturated carbocycles. The highest BCUT2D eigenvalue weighted by atomic mass is 16.5. The van der Waals surface area contributed by atoms with E-state index in [9.17, 15) is 0 Å². The number of aliphatic hydroxyl groups excluding tert-OH is 1. The maximum atomic E-state index is 8.75. The molecule has 0 amide bonds. The molecule has 3 N–H and O–H groups in total. The van der Waals surface area contributed by atoms with Gasteiger partial charge in [0, 0.05) is 0 Å². The summed E-state index contributed by atoms with van der Waals surface area (Å²) in [5, 5.41) is 17.3. The molecule has 0 aliphatic rings. The summed E-state index contributed by atoms with van der Waals surface area (Å²) in [4.78, 5) is 0. The summed E-state index contributed by atoms with van der Waals surface area (Å²) in [7, 11) is 0. The van der Waals surface area contributed by atoms with Gasteiger partial charge in [-0.15, -0.1) is 0 Å². The summed E-state index contributed by atoms with van der Waals surface area (Å²) in [6, 6.07) is 0. The number of hydrogen-bond acceptors (Lipinski definition) is 3. The van der Waals surface area contributed by atoms with E-state index in [0.717, 1.165) is 12.8 Å². The van der Waals surface area contributed by atoms with Gasteiger partial charge in [-0.1, -0.05) is 13.8 Å². The fraction of sp³-hybridized carbons (Fsp3) is 1.00. The van der Waals surface area contributed by atoms with Gasteiger partial charge < -0.3 is 10.3 Å². The Morgan fingerprint density at radius 3 is 1.78 bits per heavy atom. The zero-order valence-electron chi connectivity index (χ0n) is 6.02. The van der Waals surface area contributed by atoms with Crippen molar-refractivity contribution >= 4 is 0 Å². The predicted molar refractivity (Wildman–Crippen MR) is 35.3 cm³/mol. The molecule has 0 fully saturated rings. The van der Waals surface area contributed by atoms with E-state index in [-0.39, 0.29) is 6.61 Å². The Balaban J connectivity index is 3.82. The molecule has 0 aromatic heterocycles. The highest BCUT2D eigenvalue weighted by molar-refractivity contribution is 4.80. The molecule has 0 radical (unpaired) electrons. The topological polar surface area (TPSA) is 52.5 Å². The van der Waals surface area contributed by atoms with Gasteiger partial charge in [-0.25, -0.2) is 0 Å². The Kier molecular flexibility index (Phi) is 3.77. The van der Waals surface area contributed by atoms with Crippen molar-refractivity contribution in [3.05, 3.63) is 0 Å². The van der Waals surface area contributed by atoms with Crippen LogP contribution in [-0.4, -0.2) is 22.5 Å². The van der Waals surface area contributed by atoms with Crippen LogP contribution in [-0.2, 0) is 0 Å². The molecule has 0 bridgehead atoms. The Labute approximate surface area is 55.7 Å². The highest BCUT2D eigenvalue weighted by Crippen LogP contribution is 2.11. The summed E-state index contributed by atoms with van der Waals surface area (Å²) in [6.07, 6.45) is 1.47. The molecule has 0 aromatic rings. The van der Waals surface area contributed by atoms with Gasteiger partial charge in [-0.3, -0.25) is 0 Å². The molecule has 56 valence electrons. The molecule has 3 heteroatoms. The first-order chi connectivity index (χ1) is 4.24. The van der Waals surface area contributed by atoms with Crippen molar-refractivity contribution in [3.8, 4) is 0 Å². The molecule has 0 rings (SSSR count). The quantitative estimate of drug-likeness (QED) is 0.490. The van der Waals surface area contributed by atoms with Crippen LogP contribution < -0.4 is 5.48 Å². The first kappa shape index (κ1) is 8.88. The third-order valence-electron chi connectivity index (χ3n) is 1.89. The van der Waals surface area contributed by atoms with E-state index in [2.05, 4.69) is 5.48 Å². The summed E-state index contributed by atoms with van der Waals surface area (Å²) in [5.74, 6) is 0. The van der Waals surface area contributed by atoms with Crippen molar-refractivity contribution in [2.75, 3.05) is 6.61 Å². The summed E-state index contributed by atoms with van der Waals surface area (Å²) >= 11 is 0. The van der Waals surface area contributed by atoms with Crippen LogP contribution in [0.5, 0.6) is 0 Å². The van der Waals surface area contributed by atoms with E-state index in [1.807, 2.05) is 13.8 Å². The average Bonchev–Trinajstić information content (AvgIpc) is 1.95. The van der Waals surface area contributed by atoms with E-state index in [4.69, 9.17) is 10.3 Å². The van der Waals surface area contributed by atoms with Crippen molar-refractivity contribution in [2.45, 2.75) is 32.2 Å². The summed E-state index contributed by atoms with van der Waals surface area (Å²) in [6.45, 7) is 3.82. The van der Waals surface area contributed by atoms with Crippen molar-refractivity contribution in [2.24, 2.45) is 0 Å². The Morgan fingerprint density at radius 2 is 1.78 bits per heavy atom. The van der Waals surface area contributed by atoms with Crippen molar-refractivity contribution in [3.63, 3.8) is 0 Å². The molecule has 0 aliphatic heterocycles. The second kappa shape index (κ2) is 3.82. The molecule has 0 saturated heterocycles. The number of nitrogens with one attached hydrogen (secondary N) is 1. The minimum absolute atomic E-state index is 0.0174. The zero-order chi connectivity index (χ0) is 7.33. The summed E-state index contributed by atoms with van der Waals surface area (Å²) in [5.41, 5.74) is 1.64. The standard InChI is InChI=1S/C6H15NO2/c1-3-6(4-2,5-8)7-9/h7-9H,3-5H2,1-2H3. The van der Waals surface area contributed by atoms with Crippen LogP contribution in [0.2, 0.25) is 0 Å². The second-order valence-electron chi connectivity index (χ2n) is 2.26. The van der Waals surface area contributed by atoms with E-state index in [1.54, 1.807) is 0 Å². The van der Waals surface area contributed by atoms with Crippen LogP contribution in [0.3, 0.4) is 0 Å². The molecule has 0 aromatic carbocycles. The Bertz CT molecular complexity index is 53.9. The zero-order valence-corrected chi connectivity index (χ0v) is 6.02. The molecule has 0 spiro atoms. The second-order valence-corrected chi connectivity index (χ2v) is 2.26. The van der Waals surface area contributed by atoms with Gasteiger partial charge in [-0.05, 0) is 12.8 Å². The van der Waals surface area contributed by atoms with Crippen LogP contribution in [0.25, 0.3) is 0 Å². The molecule has 0 atom stereocenters. The fourth-order valence-electron chi connectivity index (χ4n) is 0.667. The van der Waals surface area contributed by atoms with Gasteiger partial charge in [0.2, 0.25) is 0 Å². The first-order valence-corrected chi connectivity index (χ1v) is 3.26. The van der Waals surface area contributed by atoms with Gasteiger partial charge in [-0.2, -0.15) is 5.48 Å². The van der Waals surface area contributed by atoms with Gasteiger partial charge in [0.25, 0.3) is 0 Å². The molecule has 0 heterocycles. The minimum atomic E-state index is -0.472. The van der Waals surface area contributed by atoms with Crippen LogP contribution >= 0.6 is 0 Å². The molecule has 0 unspecified atom stereocenters. The van der Waals surface area contributed by atoms with Gasteiger partial charge in [0.1, 0.15) is 0 Å². The lowest BCUT2D eigenvalue weighted by atomic mass is 9.95. The molecular formula is C6H15NO2. The first-order valence-electron chi connectivity index (χ1n) is 3.26. The average molecular weight is 133 g/mol. The van der Waals surface area contributed by atoms with E-state index in [0.29, 0.717) is 0 Å². The fourth-order valence-corrected chi connectivity index (χ4v) is 0.667. The number of hydrogen-bond donors (Lipinski definition) is 3.